The van der Waals surface area contributed by atoms with Crippen molar-refractivity contribution in [3.05, 3.63) is 35.9 Å². The van der Waals surface area contributed by atoms with Crippen LogP contribution in [0.5, 0.6) is 0 Å². The van der Waals surface area contributed by atoms with Gasteiger partial charge in [0.05, 0.1) is 6.04 Å². The fourth-order valence-electron chi connectivity index (χ4n) is 3.55. The predicted molar refractivity (Wildman–Crippen MR) is 75.4 cm³/mol. The van der Waals surface area contributed by atoms with Gasteiger partial charge in [-0.25, -0.2) is 9.63 Å². The minimum Gasteiger partial charge on any atom is -0.391 e. The van der Waals surface area contributed by atoms with Crippen molar-refractivity contribution < 1.29 is 28.7 Å². The summed E-state index contributed by atoms with van der Waals surface area (Å²) < 4.78 is 10.3. The molecule has 0 aliphatic carbocycles. The van der Waals surface area contributed by atoms with Gasteiger partial charge in [0.25, 0.3) is 0 Å². The van der Waals surface area contributed by atoms with Crippen molar-refractivity contribution in [1.82, 2.24) is 5.23 Å². The van der Waals surface area contributed by atoms with Gasteiger partial charge < -0.3 is 9.47 Å². The maximum Gasteiger partial charge on any atom is 0.346 e. The molecule has 122 valence electrons. The minimum atomic E-state index is -0.931. The van der Waals surface area contributed by atoms with Gasteiger partial charge in [-0.2, -0.15) is 0 Å². The molecule has 23 heavy (non-hydrogen) atoms. The summed E-state index contributed by atoms with van der Waals surface area (Å²) in [6.07, 6.45) is -0.835. The zero-order valence-electron chi connectivity index (χ0n) is 12.6. The van der Waals surface area contributed by atoms with E-state index in [1.807, 2.05) is 37.3 Å². The van der Waals surface area contributed by atoms with Gasteiger partial charge in [0.2, 0.25) is 0 Å². The van der Waals surface area contributed by atoms with Crippen molar-refractivity contribution in [2.75, 3.05) is 6.61 Å². The number of esters is 2. The molecule has 1 aromatic rings. The first-order valence-electron chi connectivity index (χ1n) is 7.74. The first kappa shape index (κ1) is 14.8. The number of ether oxygens (including phenoxy) is 2. The molecule has 0 spiro atoms. The van der Waals surface area contributed by atoms with E-state index in [0.29, 0.717) is 13.0 Å². The van der Waals surface area contributed by atoms with E-state index in [-0.39, 0.29) is 5.92 Å². The molecule has 7 heteroatoms. The molecule has 3 fully saturated rings. The van der Waals surface area contributed by atoms with E-state index in [2.05, 4.69) is 0 Å². The number of carbonyl (C=O) groups excluding carboxylic acids is 2. The standard InChI is InChI=1S/C16H17NO6/c1-2-20-11-8-10(9-6-4-3-5-7-9)13-12-14(23-17(13)22-11)16(19)21-15(12)18/h3-7,10-14H,2,8H2,1H3/t10-,11+,12+,13+,14-/m1/s1. The summed E-state index contributed by atoms with van der Waals surface area (Å²) in [6.45, 7) is 2.38. The van der Waals surface area contributed by atoms with Gasteiger partial charge >= 0.3 is 11.9 Å². The lowest BCUT2D eigenvalue weighted by Gasteiger charge is -2.39. The topological polar surface area (TPSA) is 74.3 Å². The molecule has 0 amide bonds. The van der Waals surface area contributed by atoms with Crippen LogP contribution in [0.3, 0.4) is 0 Å². The van der Waals surface area contributed by atoms with E-state index in [0.717, 1.165) is 5.56 Å². The minimum absolute atomic E-state index is 0.0602. The molecule has 4 rings (SSSR count). The van der Waals surface area contributed by atoms with Crippen molar-refractivity contribution in [3.63, 3.8) is 0 Å². The number of fused-ring (bicyclic) bond motifs is 3. The third kappa shape index (κ3) is 2.36. The van der Waals surface area contributed by atoms with Crippen LogP contribution in [0, 0.1) is 5.92 Å². The number of benzene rings is 1. The Morgan fingerprint density at radius 2 is 1.96 bits per heavy atom. The number of rotatable bonds is 3. The highest BCUT2D eigenvalue weighted by Gasteiger charge is 2.62. The lowest BCUT2D eigenvalue weighted by molar-refractivity contribution is -0.436. The number of hydrogen-bond donors (Lipinski definition) is 0. The van der Waals surface area contributed by atoms with Gasteiger partial charge in [0, 0.05) is 18.9 Å². The predicted octanol–water partition coefficient (Wildman–Crippen LogP) is 1.15. The molecule has 3 aliphatic rings. The molecule has 0 radical (unpaired) electrons. The summed E-state index contributed by atoms with van der Waals surface area (Å²) in [7, 11) is 0. The van der Waals surface area contributed by atoms with Gasteiger partial charge in [0.15, 0.2) is 12.4 Å². The fraction of sp³-hybridized carbons (Fsp3) is 0.500. The Morgan fingerprint density at radius 3 is 2.70 bits per heavy atom. The molecule has 3 heterocycles. The highest BCUT2D eigenvalue weighted by atomic mass is 17.0. The van der Waals surface area contributed by atoms with Gasteiger partial charge in [-0.05, 0) is 12.5 Å². The van der Waals surface area contributed by atoms with E-state index in [9.17, 15) is 9.59 Å². The molecule has 0 bridgehead atoms. The van der Waals surface area contributed by atoms with Crippen LogP contribution in [-0.4, -0.2) is 42.2 Å². The Hall–Kier alpha value is -1.80. The summed E-state index contributed by atoms with van der Waals surface area (Å²) >= 11 is 0. The number of hydroxylamine groups is 2. The van der Waals surface area contributed by atoms with Crippen LogP contribution in [-0.2, 0) is 28.7 Å². The summed E-state index contributed by atoms with van der Waals surface area (Å²) in [5.74, 6) is -1.94. The van der Waals surface area contributed by atoms with E-state index in [4.69, 9.17) is 19.1 Å². The molecule has 7 nitrogen and oxygen atoms in total. The summed E-state index contributed by atoms with van der Waals surface area (Å²) in [4.78, 5) is 35.0. The average molecular weight is 319 g/mol. The van der Waals surface area contributed by atoms with Crippen LogP contribution >= 0.6 is 0 Å². The molecular formula is C16H17NO6. The molecule has 0 aromatic heterocycles. The smallest absolute Gasteiger partial charge is 0.346 e. The van der Waals surface area contributed by atoms with Gasteiger partial charge in [0.1, 0.15) is 5.92 Å². The van der Waals surface area contributed by atoms with E-state index < -0.39 is 36.3 Å². The highest BCUT2D eigenvalue weighted by Crippen LogP contribution is 2.46. The van der Waals surface area contributed by atoms with Crippen molar-refractivity contribution in [1.29, 1.82) is 0 Å². The van der Waals surface area contributed by atoms with E-state index in [1.54, 1.807) is 0 Å². The SMILES string of the molecule is CCO[C@@H]1C[C@H](c2ccccc2)[C@H]2[C@@H]3C(=O)OC(=O)[C@@H]3ON2O1. The molecule has 3 saturated heterocycles. The second kappa shape index (κ2) is 5.68. The first-order chi connectivity index (χ1) is 11.2. The quantitative estimate of drug-likeness (QED) is 0.611. The molecule has 0 N–H and O–H groups in total. The van der Waals surface area contributed by atoms with Gasteiger partial charge in [-0.1, -0.05) is 35.6 Å². The van der Waals surface area contributed by atoms with E-state index in [1.165, 1.54) is 5.23 Å². The van der Waals surface area contributed by atoms with Crippen molar-refractivity contribution in [3.8, 4) is 0 Å². The van der Waals surface area contributed by atoms with Gasteiger partial charge in [-0.3, -0.25) is 9.63 Å². The van der Waals surface area contributed by atoms with Crippen LogP contribution in [0.25, 0.3) is 0 Å². The van der Waals surface area contributed by atoms with Crippen LogP contribution < -0.4 is 0 Å². The maximum atomic E-state index is 12.1. The Kier molecular flexibility index (Phi) is 3.65. The highest BCUT2D eigenvalue weighted by molar-refractivity contribution is 5.98. The lowest BCUT2D eigenvalue weighted by Crippen LogP contribution is -2.48. The Labute approximate surface area is 133 Å². The first-order valence-corrected chi connectivity index (χ1v) is 7.74. The molecular weight excluding hydrogens is 302 g/mol. The monoisotopic (exact) mass is 319 g/mol. The second-order valence-corrected chi connectivity index (χ2v) is 5.81. The van der Waals surface area contributed by atoms with Crippen LogP contribution in [0.4, 0.5) is 0 Å². The van der Waals surface area contributed by atoms with Crippen molar-refractivity contribution in [2.24, 2.45) is 5.92 Å². The third-order valence-electron chi connectivity index (χ3n) is 4.52. The van der Waals surface area contributed by atoms with Gasteiger partial charge in [-0.15, -0.1) is 0 Å². The largest absolute Gasteiger partial charge is 0.391 e. The number of hydrogen-bond acceptors (Lipinski definition) is 7. The summed E-state index contributed by atoms with van der Waals surface area (Å²) in [5, 5.41) is 1.27. The normalized spacial score (nSPS) is 36.7. The number of cyclic esters (lactones) is 2. The fourth-order valence-corrected chi connectivity index (χ4v) is 3.55. The van der Waals surface area contributed by atoms with E-state index >= 15 is 0 Å². The Bertz CT molecular complexity index is 620. The molecule has 5 atom stereocenters. The molecule has 0 saturated carbocycles. The maximum absolute atomic E-state index is 12.1. The third-order valence-corrected chi connectivity index (χ3v) is 4.52. The second-order valence-electron chi connectivity index (χ2n) is 5.81. The summed E-state index contributed by atoms with van der Waals surface area (Å²) in [6, 6.07) is 9.39. The number of nitrogens with zero attached hydrogens (tertiary/aromatic N) is 1. The van der Waals surface area contributed by atoms with Crippen LogP contribution in [0.1, 0.15) is 24.8 Å². The van der Waals surface area contributed by atoms with Crippen LogP contribution in [0.2, 0.25) is 0 Å². The molecule has 3 aliphatic heterocycles. The molecule has 1 aromatic carbocycles. The van der Waals surface area contributed by atoms with Crippen LogP contribution in [0.15, 0.2) is 30.3 Å². The Morgan fingerprint density at radius 1 is 1.17 bits per heavy atom. The van der Waals surface area contributed by atoms with Crippen molar-refractivity contribution >= 4 is 11.9 Å². The Balaban J connectivity index is 1.69. The van der Waals surface area contributed by atoms with Crippen molar-refractivity contribution in [2.45, 2.75) is 37.7 Å². The average Bonchev–Trinajstić information content (AvgIpc) is 3.06. The zero-order chi connectivity index (χ0) is 16.0. The zero-order valence-corrected chi connectivity index (χ0v) is 12.6. The molecule has 0 unspecified atom stereocenters. The lowest BCUT2D eigenvalue weighted by atomic mass is 9.80. The summed E-state index contributed by atoms with van der Waals surface area (Å²) in [5.41, 5.74) is 1.05. The number of carbonyl (C=O) groups is 2.